The third kappa shape index (κ3) is 5.03. The van der Waals surface area contributed by atoms with Crippen molar-refractivity contribution >= 4 is 17.5 Å². The minimum atomic E-state index is -0.485. The van der Waals surface area contributed by atoms with Crippen LogP contribution in [0.3, 0.4) is 0 Å². The molecule has 5 heteroatoms. The highest BCUT2D eigenvalue weighted by atomic mass is 19.1. The average molecular weight is 465 g/mol. The molecule has 2 aliphatic rings. The van der Waals surface area contributed by atoms with E-state index < -0.39 is 5.82 Å². The number of carbonyl (C=O) groups excluding carboxylic acids is 2. The summed E-state index contributed by atoms with van der Waals surface area (Å²) in [5.74, 6) is -0.828. The second-order valence-electron chi connectivity index (χ2n) is 11.0. The number of piperidine rings is 1. The first-order chi connectivity index (χ1) is 16.2. The Bertz CT molecular complexity index is 1030. The predicted molar refractivity (Wildman–Crippen MR) is 134 cm³/mol. The quantitative estimate of drug-likeness (QED) is 0.563. The Morgan fingerprint density at radius 2 is 1.71 bits per heavy atom. The number of nitrogens with zero attached hydrogens (tertiary/aromatic N) is 1. The molecule has 4 nitrogen and oxygen atoms in total. The van der Waals surface area contributed by atoms with Crippen LogP contribution in [0.15, 0.2) is 42.5 Å². The second-order valence-corrected chi connectivity index (χ2v) is 11.0. The fraction of sp³-hybridized carbons (Fsp3) is 0.517. The number of benzene rings is 2. The minimum absolute atomic E-state index is 0.0151. The number of hydrogen-bond donors (Lipinski definition) is 1. The van der Waals surface area contributed by atoms with Crippen LogP contribution < -0.4 is 5.32 Å². The first kappa shape index (κ1) is 24.4. The van der Waals surface area contributed by atoms with Crippen LogP contribution in [0.25, 0.3) is 0 Å². The van der Waals surface area contributed by atoms with Gasteiger partial charge in [-0.25, -0.2) is 4.39 Å². The Morgan fingerprint density at radius 3 is 2.38 bits per heavy atom. The molecule has 1 aliphatic carbocycles. The van der Waals surface area contributed by atoms with Crippen LogP contribution >= 0.6 is 0 Å². The Balaban J connectivity index is 1.63. The number of likely N-dealkylation sites (tertiary alicyclic amines) is 1. The fourth-order valence-corrected chi connectivity index (χ4v) is 5.77. The molecule has 182 valence electrons. The lowest BCUT2D eigenvalue weighted by Gasteiger charge is -2.44. The summed E-state index contributed by atoms with van der Waals surface area (Å²) >= 11 is 0. The summed E-state index contributed by atoms with van der Waals surface area (Å²) in [5, 5.41) is 3.15. The molecule has 2 amide bonds. The molecular weight excluding hydrogens is 427 g/mol. The van der Waals surface area contributed by atoms with Crippen molar-refractivity contribution < 1.29 is 14.0 Å². The van der Waals surface area contributed by atoms with E-state index >= 15 is 0 Å². The van der Waals surface area contributed by atoms with Gasteiger partial charge in [-0.2, -0.15) is 0 Å². The molecule has 2 fully saturated rings. The van der Waals surface area contributed by atoms with Gasteiger partial charge in [0.15, 0.2) is 0 Å². The molecule has 0 spiro atoms. The molecule has 1 saturated heterocycles. The van der Waals surface area contributed by atoms with Crippen molar-refractivity contribution in [3.63, 3.8) is 0 Å². The van der Waals surface area contributed by atoms with Crippen LogP contribution in [-0.2, 0) is 10.2 Å². The monoisotopic (exact) mass is 464 g/mol. The molecule has 1 aliphatic heterocycles. The summed E-state index contributed by atoms with van der Waals surface area (Å²) in [7, 11) is 0. The topological polar surface area (TPSA) is 49.4 Å². The van der Waals surface area contributed by atoms with E-state index in [1.165, 1.54) is 6.07 Å². The average Bonchev–Trinajstić information content (AvgIpc) is 3.32. The van der Waals surface area contributed by atoms with Crippen molar-refractivity contribution in [2.45, 2.75) is 77.7 Å². The van der Waals surface area contributed by atoms with Gasteiger partial charge in [0.2, 0.25) is 5.91 Å². The van der Waals surface area contributed by atoms with Crippen molar-refractivity contribution in [2.24, 2.45) is 11.8 Å². The molecule has 0 aromatic heterocycles. The molecule has 4 rings (SSSR count). The van der Waals surface area contributed by atoms with E-state index in [1.807, 2.05) is 23.1 Å². The van der Waals surface area contributed by atoms with Crippen molar-refractivity contribution in [3.8, 4) is 0 Å². The molecule has 0 bridgehead atoms. The number of anilines is 1. The first-order valence-electron chi connectivity index (χ1n) is 12.6. The zero-order valence-corrected chi connectivity index (χ0v) is 20.9. The number of amides is 2. The summed E-state index contributed by atoms with van der Waals surface area (Å²) in [6.07, 6.45) is 5.73. The standard InChI is InChI=1S/C29H37FN2O2/c1-19-10-7-16-24(30)25(19)28(34)32-17-9-15-23(26(32)20-11-5-6-12-20)27(33)31-22-14-8-13-21(18-22)29(2,3)4/h7-8,10,13-14,16,18,20,23,26H,5-6,9,11-12,15,17H2,1-4H3,(H,31,33). The minimum Gasteiger partial charge on any atom is -0.334 e. The lowest BCUT2D eigenvalue weighted by Crippen LogP contribution is -2.55. The van der Waals surface area contributed by atoms with E-state index in [2.05, 4.69) is 32.2 Å². The van der Waals surface area contributed by atoms with Gasteiger partial charge < -0.3 is 10.2 Å². The van der Waals surface area contributed by atoms with Crippen LogP contribution in [0.4, 0.5) is 10.1 Å². The van der Waals surface area contributed by atoms with Crippen LogP contribution in [0.2, 0.25) is 0 Å². The third-order valence-corrected chi connectivity index (χ3v) is 7.60. The molecule has 2 aromatic carbocycles. The molecular formula is C29H37FN2O2. The van der Waals surface area contributed by atoms with Crippen LogP contribution in [0.1, 0.15) is 80.8 Å². The van der Waals surface area contributed by atoms with Gasteiger partial charge in [-0.15, -0.1) is 0 Å². The van der Waals surface area contributed by atoms with E-state index in [1.54, 1.807) is 19.1 Å². The Morgan fingerprint density at radius 1 is 1.00 bits per heavy atom. The lowest BCUT2D eigenvalue weighted by molar-refractivity contribution is -0.124. The molecule has 2 atom stereocenters. The summed E-state index contributed by atoms with van der Waals surface area (Å²) in [6, 6.07) is 12.6. The Labute approximate surface area is 202 Å². The predicted octanol–water partition coefficient (Wildman–Crippen LogP) is 6.48. The lowest BCUT2D eigenvalue weighted by atomic mass is 9.79. The molecule has 1 saturated carbocycles. The third-order valence-electron chi connectivity index (χ3n) is 7.60. The van der Waals surface area contributed by atoms with E-state index in [9.17, 15) is 14.0 Å². The Kier molecular flexibility index (Phi) is 7.11. The maximum absolute atomic E-state index is 14.7. The zero-order chi connectivity index (χ0) is 24.5. The van der Waals surface area contributed by atoms with Gasteiger partial charge in [0, 0.05) is 18.3 Å². The van der Waals surface area contributed by atoms with Gasteiger partial charge in [-0.05, 0) is 73.3 Å². The van der Waals surface area contributed by atoms with Crippen molar-refractivity contribution in [3.05, 3.63) is 65.0 Å². The van der Waals surface area contributed by atoms with Gasteiger partial charge in [-0.3, -0.25) is 9.59 Å². The van der Waals surface area contributed by atoms with E-state index in [4.69, 9.17) is 0 Å². The SMILES string of the molecule is Cc1cccc(F)c1C(=O)N1CCCC(C(=O)Nc2cccc(C(C)(C)C)c2)C1C1CCCC1. The number of nitrogens with one attached hydrogen (secondary N) is 1. The van der Waals surface area contributed by atoms with Crippen molar-refractivity contribution in [1.82, 2.24) is 4.90 Å². The summed E-state index contributed by atoms with van der Waals surface area (Å²) in [6.45, 7) is 8.80. The van der Waals surface area contributed by atoms with E-state index in [0.29, 0.717) is 12.1 Å². The molecule has 34 heavy (non-hydrogen) atoms. The maximum atomic E-state index is 14.7. The highest BCUT2D eigenvalue weighted by molar-refractivity contribution is 5.98. The summed E-state index contributed by atoms with van der Waals surface area (Å²) in [5.41, 5.74) is 2.72. The number of rotatable bonds is 4. The molecule has 0 radical (unpaired) electrons. The molecule has 2 unspecified atom stereocenters. The fourth-order valence-electron chi connectivity index (χ4n) is 5.77. The zero-order valence-electron chi connectivity index (χ0n) is 20.9. The second kappa shape index (κ2) is 9.89. The van der Waals surface area contributed by atoms with E-state index in [0.717, 1.165) is 49.8 Å². The van der Waals surface area contributed by atoms with Gasteiger partial charge in [0.1, 0.15) is 5.82 Å². The van der Waals surface area contributed by atoms with Gasteiger partial charge >= 0.3 is 0 Å². The largest absolute Gasteiger partial charge is 0.334 e. The van der Waals surface area contributed by atoms with Gasteiger partial charge in [0.05, 0.1) is 11.5 Å². The van der Waals surface area contributed by atoms with Crippen LogP contribution in [0, 0.1) is 24.6 Å². The van der Waals surface area contributed by atoms with Crippen molar-refractivity contribution in [1.29, 1.82) is 0 Å². The molecule has 1 heterocycles. The van der Waals surface area contributed by atoms with Gasteiger partial charge in [0.25, 0.3) is 5.91 Å². The maximum Gasteiger partial charge on any atom is 0.257 e. The smallest absolute Gasteiger partial charge is 0.257 e. The first-order valence-corrected chi connectivity index (χ1v) is 12.6. The van der Waals surface area contributed by atoms with Crippen LogP contribution in [-0.4, -0.2) is 29.3 Å². The highest BCUT2D eigenvalue weighted by Gasteiger charge is 2.44. The highest BCUT2D eigenvalue weighted by Crippen LogP contribution is 2.39. The van der Waals surface area contributed by atoms with Crippen LogP contribution in [0.5, 0.6) is 0 Å². The normalized spacial score (nSPS) is 21.5. The number of aryl methyl sites for hydroxylation is 1. The summed E-state index contributed by atoms with van der Waals surface area (Å²) in [4.78, 5) is 29.1. The Hall–Kier alpha value is -2.69. The number of halogens is 1. The number of hydrogen-bond acceptors (Lipinski definition) is 2. The summed E-state index contributed by atoms with van der Waals surface area (Å²) < 4.78 is 14.7. The number of carbonyl (C=O) groups is 2. The van der Waals surface area contributed by atoms with Crippen molar-refractivity contribution in [2.75, 3.05) is 11.9 Å². The molecule has 1 N–H and O–H groups in total. The van der Waals surface area contributed by atoms with E-state index in [-0.39, 0.29) is 40.7 Å². The molecule has 2 aromatic rings. The van der Waals surface area contributed by atoms with Gasteiger partial charge in [-0.1, -0.05) is 57.9 Å².